The molecule has 2 aromatic rings. The van der Waals surface area contributed by atoms with Gasteiger partial charge >= 0.3 is 6.03 Å². The summed E-state index contributed by atoms with van der Waals surface area (Å²) in [6.45, 7) is 4.23. The lowest BCUT2D eigenvalue weighted by atomic mass is 10.1. The van der Waals surface area contributed by atoms with Gasteiger partial charge in [0, 0.05) is 30.4 Å². The first kappa shape index (κ1) is 18.0. The van der Waals surface area contributed by atoms with Gasteiger partial charge in [-0.3, -0.25) is 0 Å². The summed E-state index contributed by atoms with van der Waals surface area (Å²) in [5.74, 6) is 0. The number of urea groups is 1. The van der Waals surface area contributed by atoms with Gasteiger partial charge in [0.2, 0.25) is 0 Å². The van der Waals surface area contributed by atoms with Crippen LogP contribution in [0.25, 0.3) is 0 Å². The first-order chi connectivity index (χ1) is 12.2. The van der Waals surface area contributed by atoms with Crippen LogP contribution in [0.5, 0.6) is 0 Å². The van der Waals surface area contributed by atoms with Crippen molar-refractivity contribution in [3.05, 3.63) is 58.3 Å². The van der Waals surface area contributed by atoms with E-state index in [9.17, 15) is 4.79 Å². The third kappa shape index (κ3) is 5.58. The lowest BCUT2D eigenvalue weighted by Gasteiger charge is -2.32. The highest BCUT2D eigenvalue weighted by Crippen LogP contribution is 2.16. The number of likely N-dealkylation sites (tertiary alicyclic amines) is 1. The first-order valence-electron chi connectivity index (χ1n) is 8.94. The molecule has 2 heterocycles. The topological polar surface area (TPSA) is 41.6 Å². The molecule has 3 rings (SSSR count). The van der Waals surface area contributed by atoms with Crippen LogP contribution in [0.3, 0.4) is 0 Å². The van der Waals surface area contributed by atoms with E-state index in [1.54, 1.807) is 11.3 Å². The Balaban J connectivity index is 1.37. The normalized spacial score (nSPS) is 16.6. The van der Waals surface area contributed by atoms with Crippen molar-refractivity contribution in [1.29, 1.82) is 0 Å². The Bertz CT molecular complexity index is 637. The molecule has 1 aromatic heterocycles. The Morgan fingerprint density at radius 1 is 1.24 bits per heavy atom. The molecule has 0 aliphatic carbocycles. The molecule has 1 atom stereocenters. The van der Waals surface area contributed by atoms with Crippen LogP contribution in [0, 0.1) is 0 Å². The maximum atomic E-state index is 12.4. The van der Waals surface area contributed by atoms with Gasteiger partial charge in [0.25, 0.3) is 0 Å². The second-order valence-electron chi connectivity index (χ2n) is 6.62. The zero-order chi connectivity index (χ0) is 17.5. The molecule has 1 saturated heterocycles. The molecular weight excluding hydrogens is 332 g/mol. The van der Waals surface area contributed by atoms with Gasteiger partial charge in [0.1, 0.15) is 0 Å². The van der Waals surface area contributed by atoms with Crippen LogP contribution in [0.4, 0.5) is 4.79 Å². The van der Waals surface area contributed by atoms with E-state index in [0.29, 0.717) is 6.61 Å². The second-order valence-corrected chi connectivity index (χ2v) is 7.65. The predicted octanol–water partition coefficient (Wildman–Crippen LogP) is 4.07. The molecule has 4 nitrogen and oxygen atoms in total. The minimum Gasteiger partial charge on any atom is -0.373 e. The van der Waals surface area contributed by atoms with E-state index in [1.807, 2.05) is 23.1 Å². The van der Waals surface area contributed by atoms with E-state index in [2.05, 4.69) is 41.9 Å². The summed E-state index contributed by atoms with van der Waals surface area (Å²) in [6, 6.07) is 14.6. The van der Waals surface area contributed by atoms with Crippen LogP contribution in [-0.2, 0) is 17.8 Å². The molecule has 1 fully saturated rings. The van der Waals surface area contributed by atoms with Crippen molar-refractivity contribution in [1.82, 2.24) is 10.2 Å². The molecule has 25 heavy (non-hydrogen) atoms. The molecule has 1 aliphatic heterocycles. The highest BCUT2D eigenvalue weighted by atomic mass is 32.1. The smallest absolute Gasteiger partial charge is 0.317 e. The molecule has 0 radical (unpaired) electrons. The number of carbonyl (C=O) groups excluding carboxylic acids is 1. The summed E-state index contributed by atoms with van der Waals surface area (Å²) in [4.78, 5) is 15.6. The van der Waals surface area contributed by atoms with Gasteiger partial charge in [0.05, 0.1) is 12.7 Å². The first-order valence-corrected chi connectivity index (χ1v) is 9.82. The monoisotopic (exact) mass is 358 g/mol. The van der Waals surface area contributed by atoms with Gasteiger partial charge in [-0.05, 0) is 36.8 Å². The van der Waals surface area contributed by atoms with E-state index < -0.39 is 0 Å². The van der Waals surface area contributed by atoms with E-state index in [-0.39, 0.29) is 18.2 Å². The third-order valence-electron chi connectivity index (χ3n) is 4.52. The van der Waals surface area contributed by atoms with Crippen molar-refractivity contribution in [3.63, 3.8) is 0 Å². The van der Waals surface area contributed by atoms with Crippen molar-refractivity contribution >= 4 is 17.4 Å². The average molecular weight is 359 g/mol. The zero-order valence-corrected chi connectivity index (χ0v) is 15.5. The Morgan fingerprint density at radius 2 is 2.00 bits per heavy atom. The largest absolute Gasteiger partial charge is 0.373 e. The lowest BCUT2D eigenvalue weighted by molar-refractivity contribution is 0.00433. The average Bonchev–Trinajstić information content (AvgIpc) is 3.14. The van der Waals surface area contributed by atoms with Gasteiger partial charge in [-0.1, -0.05) is 36.4 Å². The quantitative estimate of drug-likeness (QED) is 0.846. The van der Waals surface area contributed by atoms with Crippen LogP contribution in [0.15, 0.2) is 47.8 Å². The molecule has 2 amide bonds. The van der Waals surface area contributed by atoms with Crippen LogP contribution in [0.1, 0.15) is 30.2 Å². The highest BCUT2D eigenvalue weighted by Gasteiger charge is 2.24. The third-order valence-corrected chi connectivity index (χ3v) is 5.41. The van der Waals surface area contributed by atoms with E-state index >= 15 is 0 Å². The number of piperidine rings is 1. The summed E-state index contributed by atoms with van der Waals surface area (Å²) in [5.41, 5.74) is 1.20. The van der Waals surface area contributed by atoms with Crippen LogP contribution < -0.4 is 5.32 Å². The maximum absolute atomic E-state index is 12.4. The Kier molecular flexibility index (Phi) is 6.48. The lowest BCUT2D eigenvalue weighted by Crippen LogP contribution is -2.48. The summed E-state index contributed by atoms with van der Waals surface area (Å²) in [6.07, 6.45) is 2.94. The summed E-state index contributed by atoms with van der Waals surface area (Å²) in [7, 11) is 0. The highest BCUT2D eigenvalue weighted by molar-refractivity contribution is 7.09. The van der Waals surface area contributed by atoms with E-state index in [1.165, 1.54) is 10.4 Å². The number of rotatable bonds is 6. The molecule has 0 spiro atoms. The number of hydrogen-bond donors (Lipinski definition) is 1. The molecule has 0 bridgehead atoms. The van der Waals surface area contributed by atoms with Gasteiger partial charge < -0.3 is 15.0 Å². The Labute approximate surface area is 153 Å². The van der Waals surface area contributed by atoms with Crippen molar-refractivity contribution in [2.45, 2.75) is 44.9 Å². The second kappa shape index (κ2) is 9.02. The van der Waals surface area contributed by atoms with Gasteiger partial charge in [-0.2, -0.15) is 0 Å². The number of nitrogens with zero attached hydrogens (tertiary/aromatic N) is 1. The summed E-state index contributed by atoms with van der Waals surface area (Å²) < 4.78 is 5.99. The summed E-state index contributed by atoms with van der Waals surface area (Å²) in [5, 5.41) is 5.19. The molecule has 1 aromatic carbocycles. The molecule has 0 saturated carbocycles. The molecule has 134 valence electrons. The van der Waals surface area contributed by atoms with Crippen LogP contribution in [0.2, 0.25) is 0 Å². The predicted molar refractivity (Wildman–Crippen MR) is 102 cm³/mol. The van der Waals surface area contributed by atoms with Gasteiger partial charge in [-0.25, -0.2) is 4.79 Å². The standard InChI is InChI=1S/C20H26N2O2S/c1-16(14-19-8-5-13-25-19)21-20(23)22-11-9-18(10-12-22)24-15-17-6-3-2-4-7-17/h2-8,13,16,18H,9-12,14-15H2,1H3,(H,21,23). The Hall–Kier alpha value is -1.85. The number of benzene rings is 1. The van der Waals surface area contributed by atoms with Crippen molar-refractivity contribution in [3.8, 4) is 0 Å². The fourth-order valence-corrected chi connectivity index (χ4v) is 3.93. The van der Waals surface area contributed by atoms with Crippen molar-refractivity contribution in [2.24, 2.45) is 0 Å². The maximum Gasteiger partial charge on any atom is 0.317 e. The van der Waals surface area contributed by atoms with E-state index in [0.717, 1.165) is 32.4 Å². The van der Waals surface area contributed by atoms with Crippen LogP contribution >= 0.6 is 11.3 Å². The molecule has 1 aliphatic rings. The minimum atomic E-state index is 0.0468. The van der Waals surface area contributed by atoms with E-state index in [4.69, 9.17) is 4.74 Å². The number of ether oxygens (including phenoxy) is 1. The van der Waals surface area contributed by atoms with Crippen molar-refractivity contribution < 1.29 is 9.53 Å². The summed E-state index contributed by atoms with van der Waals surface area (Å²) >= 11 is 1.74. The number of hydrogen-bond acceptors (Lipinski definition) is 3. The molecular formula is C20H26N2O2S. The van der Waals surface area contributed by atoms with Gasteiger partial charge in [-0.15, -0.1) is 11.3 Å². The van der Waals surface area contributed by atoms with Crippen LogP contribution in [-0.4, -0.2) is 36.2 Å². The SMILES string of the molecule is CC(Cc1cccs1)NC(=O)N1CCC(OCc2ccccc2)CC1. The zero-order valence-electron chi connectivity index (χ0n) is 14.7. The fraction of sp³-hybridized carbons (Fsp3) is 0.450. The Morgan fingerprint density at radius 3 is 2.68 bits per heavy atom. The van der Waals surface area contributed by atoms with Crippen molar-refractivity contribution in [2.75, 3.05) is 13.1 Å². The molecule has 1 N–H and O–H groups in total. The number of nitrogens with one attached hydrogen (secondary N) is 1. The fourth-order valence-electron chi connectivity index (χ4n) is 3.10. The molecule has 5 heteroatoms. The minimum absolute atomic E-state index is 0.0468. The van der Waals surface area contributed by atoms with Gasteiger partial charge in [0.15, 0.2) is 0 Å². The molecule has 1 unspecified atom stereocenters. The number of thiophene rings is 1. The number of carbonyl (C=O) groups is 1. The number of amides is 2.